The van der Waals surface area contributed by atoms with Gasteiger partial charge in [0.2, 0.25) is 0 Å². The van der Waals surface area contributed by atoms with E-state index in [4.69, 9.17) is 11.6 Å². The maximum atomic E-state index is 12.0. The lowest BCUT2D eigenvalue weighted by atomic mass is 10.3. The van der Waals surface area contributed by atoms with Gasteiger partial charge in [-0.05, 0) is 12.1 Å². The van der Waals surface area contributed by atoms with Gasteiger partial charge >= 0.3 is 0 Å². The van der Waals surface area contributed by atoms with Gasteiger partial charge in [-0.15, -0.1) is 0 Å². The first-order valence-electron chi connectivity index (χ1n) is 5.46. The molecule has 0 atom stereocenters. The number of hydrogen-bond donors (Lipinski definition) is 1. The van der Waals surface area contributed by atoms with Crippen molar-refractivity contribution in [3.05, 3.63) is 47.5 Å². The lowest BCUT2D eigenvalue weighted by Crippen LogP contribution is -2.16. The molecule has 0 aliphatic carbocycles. The molecule has 2 aromatic rings. The van der Waals surface area contributed by atoms with Crippen LogP contribution in [0.4, 0.5) is 5.69 Å². The molecular formula is C12H10ClN3O3S. The van der Waals surface area contributed by atoms with E-state index in [0.717, 1.165) is 6.26 Å². The highest BCUT2D eigenvalue weighted by molar-refractivity contribution is 7.90. The number of para-hydroxylation sites is 1. The van der Waals surface area contributed by atoms with Crippen LogP contribution in [0.1, 0.15) is 10.5 Å². The highest BCUT2D eigenvalue weighted by atomic mass is 35.5. The van der Waals surface area contributed by atoms with E-state index in [0.29, 0.717) is 0 Å². The minimum absolute atomic E-state index is 0.000745. The van der Waals surface area contributed by atoms with Crippen molar-refractivity contribution in [3.8, 4) is 0 Å². The van der Waals surface area contributed by atoms with Gasteiger partial charge in [-0.2, -0.15) is 0 Å². The first-order chi connectivity index (χ1) is 9.38. The zero-order chi connectivity index (χ0) is 14.8. The van der Waals surface area contributed by atoms with Crippen LogP contribution in [-0.2, 0) is 9.84 Å². The van der Waals surface area contributed by atoms with Crippen LogP contribution in [-0.4, -0.2) is 30.5 Å². The van der Waals surface area contributed by atoms with Gasteiger partial charge in [0.05, 0.1) is 23.0 Å². The maximum Gasteiger partial charge on any atom is 0.275 e. The smallest absolute Gasteiger partial charge is 0.275 e. The Hall–Kier alpha value is -1.99. The molecule has 1 aromatic heterocycles. The molecule has 0 bridgehead atoms. The summed E-state index contributed by atoms with van der Waals surface area (Å²) in [7, 11) is -3.45. The van der Waals surface area contributed by atoms with Crippen molar-refractivity contribution in [1.82, 2.24) is 9.97 Å². The van der Waals surface area contributed by atoms with Crippen molar-refractivity contribution >= 4 is 33.0 Å². The Kier molecular flexibility index (Phi) is 4.01. The van der Waals surface area contributed by atoms with Gasteiger partial charge in [-0.25, -0.2) is 13.4 Å². The fourth-order valence-electron chi connectivity index (χ4n) is 1.53. The van der Waals surface area contributed by atoms with Crippen LogP contribution in [0, 0.1) is 0 Å². The Bertz CT molecular complexity index is 762. The summed E-state index contributed by atoms with van der Waals surface area (Å²) in [6.45, 7) is 0. The molecule has 2 rings (SSSR count). The Morgan fingerprint density at radius 2 is 1.95 bits per heavy atom. The Balaban J connectivity index is 2.34. The average Bonchev–Trinajstić information content (AvgIpc) is 2.38. The number of aromatic nitrogens is 2. The van der Waals surface area contributed by atoms with Crippen LogP contribution in [0.25, 0.3) is 0 Å². The second-order valence-corrected chi connectivity index (χ2v) is 6.32. The third kappa shape index (κ3) is 3.31. The van der Waals surface area contributed by atoms with Gasteiger partial charge in [0, 0.05) is 6.26 Å². The molecule has 0 spiro atoms. The van der Waals surface area contributed by atoms with Gasteiger partial charge in [0.25, 0.3) is 5.91 Å². The molecule has 1 heterocycles. The lowest BCUT2D eigenvalue weighted by molar-refractivity contribution is 0.102. The summed E-state index contributed by atoms with van der Waals surface area (Å²) in [6, 6.07) is 6.10. The van der Waals surface area contributed by atoms with E-state index in [2.05, 4.69) is 15.3 Å². The molecule has 1 aromatic carbocycles. The maximum absolute atomic E-state index is 12.0. The summed E-state index contributed by atoms with van der Waals surface area (Å²) in [5.41, 5.74) is 0.183. The molecule has 8 heteroatoms. The molecule has 104 valence electrons. The number of hydrogen-bond acceptors (Lipinski definition) is 5. The van der Waals surface area contributed by atoms with Crippen LogP contribution in [0.2, 0.25) is 5.15 Å². The highest BCUT2D eigenvalue weighted by Crippen LogP contribution is 2.21. The fourth-order valence-corrected chi connectivity index (χ4v) is 2.52. The van der Waals surface area contributed by atoms with E-state index in [9.17, 15) is 13.2 Å². The number of carbonyl (C=O) groups excluding carboxylic acids is 1. The zero-order valence-corrected chi connectivity index (χ0v) is 11.9. The van der Waals surface area contributed by atoms with Gasteiger partial charge in [0.15, 0.2) is 9.84 Å². The number of benzene rings is 1. The monoisotopic (exact) mass is 311 g/mol. The number of anilines is 1. The molecule has 0 fully saturated rings. The second-order valence-electron chi connectivity index (χ2n) is 3.95. The highest BCUT2D eigenvalue weighted by Gasteiger charge is 2.16. The number of nitrogens with zero attached hydrogens (tertiary/aromatic N) is 2. The number of carbonyl (C=O) groups is 1. The van der Waals surface area contributed by atoms with Crippen molar-refractivity contribution in [3.63, 3.8) is 0 Å². The number of rotatable bonds is 3. The largest absolute Gasteiger partial charge is 0.319 e. The van der Waals surface area contributed by atoms with Crippen molar-refractivity contribution < 1.29 is 13.2 Å². The normalized spacial score (nSPS) is 11.1. The topological polar surface area (TPSA) is 89.0 Å². The van der Waals surface area contributed by atoms with Gasteiger partial charge in [-0.3, -0.25) is 9.78 Å². The van der Waals surface area contributed by atoms with Gasteiger partial charge in [-0.1, -0.05) is 23.7 Å². The van der Waals surface area contributed by atoms with E-state index in [1.165, 1.54) is 24.5 Å². The summed E-state index contributed by atoms with van der Waals surface area (Å²) in [4.78, 5) is 19.6. The number of amides is 1. The summed E-state index contributed by atoms with van der Waals surface area (Å²) < 4.78 is 23.3. The molecule has 0 unspecified atom stereocenters. The molecule has 0 saturated carbocycles. The van der Waals surface area contributed by atoms with Gasteiger partial charge < -0.3 is 5.32 Å². The van der Waals surface area contributed by atoms with Crippen molar-refractivity contribution in [1.29, 1.82) is 0 Å². The standard InChI is InChI=1S/C12H10ClN3O3S/c1-20(18,19)10-5-3-2-4-8(10)16-12(17)9-6-14-7-11(13)15-9/h2-7H,1H3,(H,16,17). The van der Waals surface area contributed by atoms with Crippen molar-refractivity contribution in [2.45, 2.75) is 4.90 Å². The number of sulfone groups is 1. The molecule has 0 aliphatic heterocycles. The SMILES string of the molecule is CS(=O)(=O)c1ccccc1NC(=O)c1cncc(Cl)n1. The van der Waals surface area contributed by atoms with Crippen molar-refractivity contribution in [2.24, 2.45) is 0 Å². The first kappa shape index (κ1) is 14.4. The zero-order valence-electron chi connectivity index (χ0n) is 10.4. The van der Waals surface area contributed by atoms with Crippen molar-refractivity contribution in [2.75, 3.05) is 11.6 Å². The molecule has 6 nitrogen and oxygen atoms in total. The summed E-state index contributed by atoms with van der Waals surface area (Å²) in [5.74, 6) is -0.587. The molecule has 0 radical (unpaired) electrons. The summed E-state index contributed by atoms with van der Waals surface area (Å²) in [6.07, 6.45) is 3.60. The average molecular weight is 312 g/mol. The molecule has 0 saturated heterocycles. The Morgan fingerprint density at radius 3 is 2.60 bits per heavy atom. The molecule has 0 aliphatic rings. The minimum atomic E-state index is -3.45. The van der Waals surface area contributed by atoms with Crippen LogP contribution in [0.5, 0.6) is 0 Å². The molecule has 20 heavy (non-hydrogen) atoms. The summed E-state index contributed by atoms with van der Waals surface area (Å²) >= 11 is 5.65. The van der Waals surface area contributed by atoms with E-state index < -0.39 is 15.7 Å². The molecular weight excluding hydrogens is 302 g/mol. The lowest BCUT2D eigenvalue weighted by Gasteiger charge is -2.09. The Labute approximate surface area is 120 Å². The predicted molar refractivity (Wildman–Crippen MR) is 74.5 cm³/mol. The van der Waals surface area contributed by atoms with E-state index in [1.54, 1.807) is 12.1 Å². The van der Waals surface area contributed by atoms with Crippen LogP contribution in [0.15, 0.2) is 41.6 Å². The van der Waals surface area contributed by atoms with Gasteiger partial charge in [0.1, 0.15) is 10.8 Å². The second kappa shape index (κ2) is 5.56. The van der Waals surface area contributed by atoms with E-state index in [-0.39, 0.29) is 21.4 Å². The third-order valence-corrected chi connectivity index (χ3v) is 3.71. The Morgan fingerprint density at radius 1 is 1.25 bits per heavy atom. The quantitative estimate of drug-likeness (QED) is 0.933. The van der Waals surface area contributed by atoms with Crippen LogP contribution >= 0.6 is 11.6 Å². The minimum Gasteiger partial charge on any atom is -0.319 e. The first-order valence-corrected chi connectivity index (χ1v) is 7.73. The van der Waals surface area contributed by atoms with E-state index >= 15 is 0 Å². The van der Waals surface area contributed by atoms with Crippen LogP contribution in [0.3, 0.4) is 0 Å². The fraction of sp³-hybridized carbons (Fsp3) is 0.0833. The third-order valence-electron chi connectivity index (χ3n) is 2.37. The molecule has 1 amide bonds. The number of halogens is 1. The summed E-state index contributed by atoms with van der Waals surface area (Å²) in [5, 5.41) is 2.56. The number of nitrogens with one attached hydrogen (secondary N) is 1. The molecule has 1 N–H and O–H groups in total. The predicted octanol–water partition coefficient (Wildman–Crippen LogP) is 1.79. The van der Waals surface area contributed by atoms with Crippen LogP contribution < -0.4 is 5.32 Å². The van der Waals surface area contributed by atoms with E-state index in [1.807, 2.05) is 0 Å².